The lowest BCUT2D eigenvalue weighted by Gasteiger charge is -2.20. The molecule has 0 spiro atoms. The number of amides is 1. The first-order chi connectivity index (χ1) is 14.1. The summed E-state index contributed by atoms with van der Waals surface area (Å²) in [5.74, 6) is 0.918. The molecule has 1 heterocycles. The topological polar surface area (TPSA) is 51.1 Å². The quantitative estimate of drug-likeness (QED) is 0.531. The molecule has 0 N–H and O–H groups in total. The smallest absolute Gasteiger partial charge is 0.243 e. The number of halogens is 1. The second kappa shape index (κ2) is 8.49. The molecule has 0 bridgehead atoms. The fourth-order valence-electron chi connectivity index (χ4n) is 2.99. The Morgan fingerprint density at radius 3 is 2.55 bits per heavy atom. The van der Waals surface area contributed by atoms with Crippen LogP contribution in [0.4, 0.5) is 0 Å². The van der Waals surface area contributed by atoms with E-state index in [1.807, 2.05) is 78.9 Å². The molecular weight excluding hydrogens is 432 g/mol. The fraction of sp³-hybridized carbons (Fsp3) is 0.130. The van der Waals surface area contributed by atoms with E-state index in [4.69, 9.17) is 9.47 Å². The lowest BCUT2D eigenvalue weighted by atomic mass is 10.1. The maximum absolute atomic E-state index is 12.2. The molecule has 1 amide bonds. The highest BCUT2D eigenvalue weighted by atomic mass is 79.9. The molecule has 0 saturated carbocycles. The van der Waals surface area contributed by atoms with Gasteiger partial charge in [0, 0.05) is 22.5 Å². The normalized spacial score (nSPS) is 15.6. The summed E-state index contributed by atoms with van der Waals surface area (Å²) in [6.07, 6.45) is -0.633. The van der Waals surface area contributed by atoms with Gasteiger partial charge in [-0.3, -0.25) is 4.79 Å². The minimum Gasteiger partial charge on any atom is -0.489 e. The van der Waals surface area contributed by atoms with Gasteiger partial charge in [-0.1, -0.05) is 58.4 Å². The minimum atomic E-state index is -0.633. The Morgan fingerprint density at radius 1 is 1.07 bits per heavy atom. The maximum Gasteiger partial charge on any atom is 0.243 e. The molecule has 0 radical (unpaired) electrons. The minimum absolute atomic E-state index is 0.197. The Bertz CT molecular complexity index is 1040. The van der Waals surface area contributed by atoms with E-state index < -0.39 is 6.23 Å². The number of benzene rings is 3. The van der Waals surface area contributed by atoms with Crippen LogP contribution in [0.1, 0.15) is 29.8 Å². The van der Waals surface area contributed by atoms with Gasteiger partial charge in [-0.25, -0.2) is 0 Å². The average molecular weight is 451 g/mol. The second-order valence-electron chi connectivity index (χ2n) is 6.59. The number of rotatable bonds is 5. The van der Waals surface area contributed by atoms with Crippen LogP contribution < -0.4 is 4.74 Å². The molecule has 0 unspecified atom stereocenters. The number of hydrogen-bond donors (Lipinski definition) is 0. The van der Waals surface area contributed by atoms with E-state index in [0.717, 1.165) is 21.2 Å². The molecule has 29 heavy (non-hydrogen) atoms. The Morgan fingerprint density at radius 2 is 1.83 bits per heavy atom. The van der Waals surface area contributed by atoms with E-state index in [-0.39, 0.29) is 5.91 Å². The molecule has 0 aromatic heterocycles. The third kappa shape index (κ3) is 4.49. The zero-order valence-corrected chi connectivity index (χ0v) is 17.4. The van der Waals surface area contributed by atoms with E-state index in [1.54, 1.807) is 0 Å². The summed E-state index contributed by atoms with van der Waals surface area (Å²) >= 11 is 3.42. The molecule has 0 fully saturated rings. The molecule has 1 atom stereocenters. The van der Waals surface area contributed by atoms with E-state index in [2.05, 4.69) is 21.0 Å². The van der Waals surface area contributed by atoms with Crippen molar-refractivity contribution < 1.29 is 14.3 Å². The van der Waals surface area contributed by atoms with Crippen molar-refractivity contribution >= 4 is 27.7 Å². The average Bonchev–Trinajstić information content (AvgIpc) is 3.20. The van der Waals surface area contributed by atoms with E-state index in [9.17, 15) is 4.79 Å². The molecule has 5 nitrogen and oxygen atoms in total. The maximum atomic E-state index is 12.2. The van der Waals surface area contributed by atoms with Crippen molar-refractivity contribution in [2.75, 3.05) is 0 Å². The molecule has 146 valence electrons. The molecule has 1 aliphatic heterocycles. The van der Waals surface area contributed by atoms with Crippen molar-refractivity contribution in [3.05, 3.63) is 100 Å². The highest BCUT2D eigenvalue weighted by Gasteiger charge is 2.33. The molecule has 0 saturated heterocycles. The van der Waals surface area contributed by atoms with Gasteiger partial charge >= 0.3 is 0 Å². The summed E-state index contributed by atoms with van der Waals surface area (Å²) in [6.45, 7) is 1.94. The van der Waals surface area contributed by atoms with Crippen LogP contribution in [-0.4, -0.2) is 16.8 Å². The lowest BCUT2D eigenvalue weighted by molar-refractivity contribution is -0.135. The van der Waals surface area contributed by atoms with Gasteiger partial charge in [0.05, 0.1) is 0 Å². The zero-order valence-electron chi connectivity index (χ0n) is 15.8. The van der Waals surface area contributed by atoms with Crippen LogP contribution in [0.2, 0.25) is 0 Å². The Kier molecular flexibility index (Phi) is 5.62. The predicted octanol–water partition coefficient (Wildman–Crippen LogP) is 5.27. The molecule has 1 aliphatic rings. The van der Waals surface area contributed by atoms with Gasteiger partial charge < -0.3 is 9.47 Å². The van der Waals surface area contributed by atoms with Crippen molar-refractivity contribution in [2.45, 2.75) is 19.8 Å². The molecule has 3 aromatic carbocycles. The molecule has 4 rings (SSSR count). The van der Waals surface area contributed by atoms with Crippen molar-refractivity contribution in [1.82, 2.24) is 5.01 Å². The Hall–Kier alpha value is -3.12. The van der Waals surface area contributed by atoms with Gasteiger partial charge in [0.2, 0.25) is 18.0 Å². The first kappa shape index (κ1) is 19.2. The first-order valence-corrected chi connectivity index (χ1v) is 9.97. The highest BCUT2D eigenvalue weighted by Crippen LogP contribution is 2.32. The van der Waals surface area contributed by atoms with Gasteiger partial charge in [0.25, 0.3) is 0 Å². The number of nitrogens with zero attached hydrogens (tertiary/aromatic N) is 2. The molecular formula is C23H19BrN2O3. The van der Waals surface area contributed by atoms with E-state index in [1.165, 1.54) is 11.9 Å². The molecule has 3 aromatic rings. The van der Waals surface area contributed by atoms with Gasteiger partial charge in [-0.2, -0.15) is 5.01 Å². The van der Waals surface area contributed by atoms with Gasteiger partial charge in [-0.15, -0.1) is 5.10 Å². The summed E-state index contributed by atoms with van der Waals surface area (Å²) in [7, 11) is 0. The van der Waals surface area contributed by atoms with Crippen molar-refractivity contribution in [1.29, 1.82) is 0 Å². The zero-order chi connectivity index (χ0) is 20.2. The summed E-state index contributed by atoms with van der Waals surface area (Å²) in [5.41, 5.74) is 2.68. The molecule has 6 heteroatoms. The largest absolute Gasteiger partial charge is 0.489 e. The van der Waals surface area contributed by atoms with Crippen LogP contribution in [0.15, 0.2) is 88.4 Å². The second-order valence-corrected chi connectivity index (χ2v) is 7.51. The summed E-state index contributed by atoms with van der Waals surface area (Å²) in [5, 5.41) is 5.75. The highest BCUT2D eigenvalue weighted by molar-refractivity contribution is 9.10. The van der Waals surface area contributed by atoms with Crippen LogP contribution in [-0.2, 0) is 16.1 Å². The third-order valence-corrected chi connectivity index (χ3v) is 4.98. The van der Waals surface area contributed by atoms with Gasteiger partial charge in [0.15, 0.2) is 0 Å². The number of carbonyl (C=O) groups is 1. The van der Waals surface area contributed by atoms with Crippen LogP contribution in [0.25, 0.3) is 0 Å². The van der Waals surface area contributed by atoms with Crippen LogP contribution in [0.5, 0.6) is 5.75 Å². The van der Waals surface area contributed by atoms with Crippen molar-refractivity contribution in [3.8, 4) is 5.75 Å². The van der Waals surface area contributed by atoms with E-state index >= 15 is 0 Å². The lowest BCUT2D eigenvalue weighted by Crippen LogP contribution is -2.25. The number of hydrogen-bond acceptors (Lipinski definition) is 4. The van der Waals surface area contributed by atoms with Gasteiger partial charge in [0.1, 0.15) is 12.4 Å². The summed E-state index contributed by atoms with van der Waals surface area (Å²) in [6, 6.07) is 25.1. The summed E-state index contributed by atoms with van der Waals surface area (Å²) < 4.78 is 12.9. The van der Waals surface area contributed by atoms with Crippen LogP contribution in [0, 0.1) is 0 Å². The van der Waals surface area contributed by atoms with Crippen molar-refractivity contribution in [3.63, 3.8) is 0 Å². The standard InChI is InChI=1S/C23H19BrN2O3/c1-16(27)26-23(29-22(25-26)18-10-12-20(24)13-11-18)19-8-5-9-21(14-19)28-15-17-6-3-2-4-7-17/h2-14,23H,15H2,1H3/t23-/m1/s1. The fourth-order valence-corrected chi connectivity index (χ4v) is 3.26. The number of hydrazone groups is 1. The SMILES string of the molecule is CC(=O)N1N=C(c2ccc(Br)cc2)O[C@@H]1c1cccc(OCc2ccccc2)c1. The van der Waals surface area contributed by atoms with Gasteiger partial charge in [-0.05, 0) is 42.0 Å². The summed E-state index contributed by atoms with van der Waals surface area (Å²) in [4.78, 5) is 12.2. The Labute approximate surface area is 177 Å². The van der Waals surface area contributed by atoms with Crippen LogP contribution in [0.3, 0.4) is 0 Å². The third-order valence-electron chi connectivity index (χ3n) is 4.45. The number of carbonyl (C=O) groups excluding carboxylic acids is 1. The number of ether oxygens (including phenoxy) is 2. The first-order valence-electron chi connectivity index (χ1n) is 9.18. The van der Waals surface area contributed by atoms with Crippen LogP contribution >= 0.6 is 15.9 Å². The van der Waals surface area contributed by atoms with E-state index in [0.29, 0.717) is 18.3 Å². The monoisotopic (exact) mass is 450 g/mol. The van der Waals surface area contributed by atoms with Crippen molar-refractivity contribution in [2.24, 2.45) is 5.10 Å². The molecule has 0 aliphatic carbocycles. The Balaban J connectivity index is 1.54. The predicted molar refractivity (Wildman–Crippen MR) is 114 cm³/mol.